The first kappa shape index (κ1) is 17.4. The van der Waals surface area contributed by atoms with Crippen LogP contribution in [-0.2, 0) is 9.84 Å². The maximum Gasteiger partial charge on any atom is 0.270 e. The van der Waals surface area contributed by atoms with E-state index in [9.17, 15) is 13.2 Å². The van der Waals surface area contributed by atoms with Crippen molar-refractivity contribution in [2.24, 2.45) is 0 Å². The second kappa shape index (κ2) is 7.23. The van der Waals surface area contributed by atoms with Gasteiger partial charge < -0.3 is 10.2 Å². The molecule has 2 heterocycles. The number of hydrogen-bond acceptors (Lipinski definition) is 5. The quantitative estimate of drug-likeness (QED) is 0.885. The number of nitrogens with one attached hydrogen (secondary N) is 1. The number of anilines is 2. The minimum absolute atomic E-state index is 0.00838. The summed E-state index contributed by atoms with van der Waals surface area (Å²) in [4.78, 5) is 18.6. The van der Waals surface area contributed by atoms with Gasteiger partial charge in [0.15, 0.2) is 9.84 Å². The Morgan fingerprint density at radius 3 is 2.52 bits per heavy atom. The SMILES string of the molecule is CCN(c1ccccc1)c1ccc(C(=O)NC2CCS(=O)(=O)C2)nc1. The first-order valence-electron chi connectivity index (χ1n) is 8.28. The topological polar surface area (TPSA) is 79.4 Å². The van der Waals surface area contributed by atoms with Crippen molar-refractivity contribution < 1.29 is 13.2 Å². The van der Waals surface area contributed by atoms with E-state index in [1.54, 1.807) is 12.3 Å². The minimum atomic E-state index is -3.02. The fourth-order valence-corrected chi connectivity index (χ4v) is 4.64. The Morgan fingerprint density at radius 2 is 1.96 bits per heavy atom. The molecule has 132 valence electrons. The summed E-state index contributed by atoms with van der Waals surface area (Å²) in [5, 5.41) is 2.75. The second-order valence-corrected chi connectivity index (χ2v) is 8.28. The van der Waals surface area contributed by atoms with Gasteiger partial charge in [0.1, 0.15) is 5.69 Å². The van der Waals surface area contributed by atoms with E-state index < -0.39 is 9.84 Å². The van der Waals surface area contributed by atoms with Gasteiger partial charge in [-0.05, 0) is 37.6 Å². The molecule has 0 spiro atoms. The molecular weight excluding hydrogens is 338 g/mol. The molecule has 1 aromatic carbocycles. The lowest BCUT2D eigenvalue weighted by atomic mass is 10.2. The number of amides is 1. The summed E-state index contributed by atoms with van der Waals surface area (Å²) < 4.78 is 22.9. The average Bonchev–Trinajstić information content (AvgIpc) is 2.95. The van der Waals surface area contributed by atoms with Crippen LogP contribution < -0.4 is 10.2 Å². The zero-order valence-corrected chi connectivity index (χ0v) is 14.9. The van der Waals surface area contributed by atoms with Crippen molar-refractivity contribution in [1.29, 1.82) is 0 Å². The first-order valence-corrected chi connectivity index (χ1v) is 10.1. The number of benzene rings is 1. The van der Waals surface area contributed by atoms with E-state index in [1.807, 2.05) is 43.3 Å². The number of nitrogens with zero attached hydrogens (tertiary/aromatic N) is 2. The number of hydrogen-bond donors (Lipinski definition) is 1. The summed E-state index contributed by atoms with van der Waals surface area (Å²) in [6.45, 7) is 2.82. The van der Waals surface area contributed by atoms with Crippen LogP contribution in [0.4, 0.5) is 11.4 Å². The number of pyridine rings is 1. The van der Waals surface area contributed by atoms with Crippen molar-refractivity contribution in [2.75, 3.05) is 23.0 Å². The Morgan fingerprint density at radius 1 is 1.20 bits per heavy atom. The van der Waals surface area contributed by atoms with Crippen LogP contribution in [0.5, 0.6) is 0 Å². The van der Waals surface area contributed by atoms with Crippen molar-refractivity contribution in [3.05, 3.63) is 54.4 Å². The van der Waals surface area contributed by atoms with E-state index in [-0.39, 0.29) is 29.1 Å². The molecule has 1 amide bonds. The van der Waals surface area contributed by atoms with Gasteiger partial charge in [-0.15, -0.1) is 0 Å². The zero-order valence-electron chi connectivity index (χ0n) is 14.1. The predicted molar refractivity (Wildman–Crippen MR) is 97.9 cm³/mol. The van der Waals surface area contributed by atoms with Crippen molar-refractivity contribution in [3.8, 4) is 0 Å². The highest BCUT2D eigenvalue weighted by Crippen LogP contribution is 2.24. The number of para-hydroxylation sites is 1. The van der Waals surface area contributed by atoms with Gasteiger partial charge in [0.25, 0.3) is 5.91 Å². The molecule has 2 aromatic rings. The Balaban J connectivity index is 1.70. The van der Waals surface area contributed by atoms with Crippen molar-refractivity contribution in [3.63, 3.8) is 0 Å². The zero-order chi connectivity index (χ0) is 17.9. The normalized spacial score (nSPS) is 18.7. The van der Waals surface area contributed by atoms with Crippen LogP contribution in [0.3, 0.4) is 0 Å². The molecule has 0 aliphatic carbocycles. The van der Waals surface area contributed by atoms with Gasteiger partial charge in [0.2, 0.25) is 0 Å². The summed E-state index contributed by atoms with van der Waals surface area (Å²) in [5.74, 6) is -0.196. The maximum atomic E-state index is 12.3. The van der Waals surface area contributed by atoms with Gasteiger partial charge >= 0.3 is 0 Å². The predicted octanol–water partition coefficient (Wildman–Crippen LogP) is 2.16. The third kappa shape index (κ3) is 4.17. The second-order valence-electron chi connectivity index (χ2n) is 6.05. The molecule has 1 N–H and O–H groups in total. The molecule has 7 heteroatoms. The van der Waals surface area contributed by atoms with Gasteiger partial charge in [-0.1, -0.05) is 18.2 Å². The molecule has 1 aliphatic rings. The average molecular weight is 359 g/mol. The van der Waals surface area contributed by atoms with Crippen molar-refractivity contribution in [2.45, 2.75) is 19.4 Å². The van der Waals surface area contributed by atoms with Crippen molar-refractivity contribution in [1.82, 2.24) is 10.3 Å². The van der Waals surface area contributed by atoms with Crippen LogP contribution >= 0.6 is 0 Å². The molecular formula is C18H21N3O3S. The van der Waals surface area contributed by atoms with Crippen LogP contribution in [0.25, 0.3) is 0 Å². The summed E-state index contributed by atoms with van der Waals surface area (Å²) >= 11 is 0. The van der Waals surface area contributed by atoms with Gasteiger partial charge in [0, 0.05) is 18.3 Å². The highest BCUT2D eigenvalue weighted by Gasteiger charge is 2.29. The van der Waals surface area contributed by atoms with E-state index in [2.05, 4.69) is 15.2 Å². The highest BCUT2D eigenvalue weighted by atomic mass is 32.2. The van der Waals surface area contributed by atoms with Crippen LogP contribution in [0, 0.1) is 0 Å². The number of aromatic nitrogens is 1. The van der Waals surface area contributed by atoms with Crippen LogP contribution in [0.15, 0.2) is 48.7 Å². The molecule has 1 unspecified atom stereocenters. The highest BCUT2D eigenvalue weighted by molar-refractivity contribution is 7.91. The number of carbonyl (C=O) groups is 1. The van der Waals surface area contributed by atoms with Gasteiger partial charge in [-0.25, -0.2) is 13.4 Å². The third-order valence-corrected chi connectivity index (χ3v) is 6.01. The molecule has 25 heavy (non-hydrogen) atoms. The third-order valence-electron chi connectivity index (χ3n) is 4.24. The molecule has 1 fully saturated rings. The molecule has 1 aliphatic heterocycles. The lowest BCUT2D eigenvalue weighted by Gasteiger charge is -2.23. The van der Waals surface area contributed by atoms with E-state index >= 15 is 0 Å². The first-order chi connectivity index (χ1) is 12.0. The van der Waals surface area contributed by atoms with Gasteiger partial charge in [-0.2, -0.15) is 0 Å². The van der Waals surface area contributed by atoms with Gasteiger partial charge in [0.05, 0.1) is 23.4 Å². The monoisotopic (exact) mass is 359 g/mol. The Bertz CT molecular complexity index is 836. The Kier molecular flexibility index (Phi) is 5.03. The molecule has 1 aromatic heterocycles. The Hall–Kier alpha value is -2.41. The van der Waals surface area contributed by atoms with Crippen LogP contribution in [0.1, 0.15) is 23.8 Å². The fraction of sp³-hybridized carbons (Fsp3) is 0.333. The van der Waals surface area contributed by atoms with Crippen LogP contribution in [0.2, 0.25) is 0 Å². The standard InChI is InChI=1S/C18H21N3O3S/c1-2-21(15-6-4-3-5-7-15)16-8-9-17(19-12-16)18(22)20-14-10-11-25(23,24)13-14/h3-9,12,14H,2,10-11,13H2,1H3,(H,20,22). The molecule has 1 saturated heterocycles. The Labute approximate surface area is 147 Å². The summed E-state index contributed by atoms with van der Waals surface area (Å²) in [6.07, 6.45) is 2.13. The van der Waals surface area contributed by atoms with Gasteiger partial charge in [-0.3, -0.25) is 4.79 Å². The maximum absolute atomic E-state index is 12.3. The smallest absolute Gasteiger partial charge is 0.270 e. The minimum Gasteiger partial charge on any atom is -0.347 e. The van der Waals surface area contributed by atoms with E-state index in [4.69, 9.17) is 0 Å². The summed E-state index contributed by atoms with van der Waals surface area (Å²) in [5.41, 5.74) is 2.24. The summed E-state index contributed by atoms with van der Waals surface area (Å²) in [7, 11) is -3.02. The van der Waals surface area contributed by atoms with E-state index in [0.29, 0.717) is 6.42 Å². The van der Waals surface area contributed by atoms with E-state index in [0.717, 1.165) is 17.9 Å². The summed E-state index contributed by atoms with van der Waals surface area (Å²) in [6, 6.07) is 13.1. The molecule has 3 rings (SSSR count). The largest absolute Gasteiger partial charge is 0.347 e. The van der Waals surface area contributed by atoms with Crippen LogP contribution in [-0.4, -0.2) is 43.4 Å². The molecule has 6 nitrogen and oxygen atoms in total. The molecule has 0 radical (unpaired) electrons. The lowest BCUT2D eigenvalue weighted by molar-refractivity contribution is 0.0936. The number of carbonyl (C=O) groups excluding carboxylic acids is 1. The fourth-order valence-electron chi connectivity index (χ4n) is 2.97. The molecule has 1 atom stereocenters. The van der Waals surface area contributed by atoms with Crippen molar-refractivity contribution >= 4 is 27.1 Å². The molecule has 0 bridgehead atoms. The van der Waals surface area contributed by atoms with E-state index in [1.165, 1.54) is 0 Å². The number of rotatable bonds is 5. The molecule has 0 saturated carbocycles. The number of sulfone groups is 1. The lowest BCUT2D eigenvalue weighted by Crippen LogP contribution is -2.36.